The summed E-state index contributed by atoms with van der Waals surface area (Å²) in [5.74, 6) is -5.82. The Labute approximate surface area is 256 Å². The van der Waals surface area contributed by atoms with Crippen LogP contribution in [0.1, 0.15) is 94.8 Å². The summed E-state index contributed by atoms with van der Waals surface area (Å²) >= 11 is 0. The quantitative estimate of drug-likeness (QED) is 0.0616. The molecule has 44 heavy (non-hydrogen) atoms. The number of hydrogen-bond acceptors (Lipinski definition) is 5. The third kappa shape index (κ3) is 10.4. The second kappa shape index (κ2) is 18.0. The van der Waals surface area contributed by atoms with Gasteiger partial charge in [-0.15, -0.1) is 0 Å². The van der Waals surface area contributed by atoms with E-state index in [4.69, 9.17) is 14.2 Å². The number of carbonyl (C=O) groups is 2. The average molecular weight is 617 g/mol. The third-order valence-corrected chi connectivity index (χ3v) is 7.12. The number of benzene rings is 3. The van der Waals surface area contributed by atoms with Crippen molar-refractivity contribution < 1.29 is 41.4 Å². The largest absolute Gasteiger partial charge is 0.490 e. The van der Waals surface area contributed by atoms with Crippen LogP contribution in [0.15, 0.2) is 54.6 Å². The van der Waals surface area contributed by atoms with E-state index >= 15 is 0 Å². The predicted octanol–water partition coefficient (Wildman–Crippen LogP) is 9.94. The first kappa shape index (κ1) is 34.6. The van der Waals surface area contributed by atoms with E-state index in [-0.39, 0.29) is 29.0 Å². The van der Waals surface area contributed by atoms with Gasteiger partial charge in [0.15, 0.2) is 29.3 Å². The fourth-order valence-electron chi connectivity index (χ4n) is 4.55. The van der Waals surface area contributed by atoms with Gasteiger partial charge >= 0.3 is 11.9 Å². The lowest BCUT2D eigenvalue weighted by Gasteiger charge is -2.11. The molecule has 5 nitrogen and oxygen atoms in total. The van der Waals surface area contributed by atoms with Crippen molar-refractivity contribution >= 4 is 11.9 Å². The first-order chi connectivity index (χ1) is 21.2. The van der Waals surface area contributed by atoms with Gasteiger partial charge in [-0.05, 0) is 67.3 Å². The molecule has 3 aromatic rings. The van der Waals surface area contributed by atoms with Crippen molar-refractivity contribution in [2.45, 2.75) is 90.6 Å². The number of unbranched alkanes of at least 4 members (excludes halogenated alkanes) is 8. The van der Waals surface area contributed by atoms with Gasteiger partial charge in [0.25, 0.3) is 0 Å². The number of carbonyl (C=O) groups excluding carboxylic acids is 2. The summed E-state index contributed by atoms with van der Waals surface area (Å²) in [6, 6.07) is 11.6. The fraction of sp³-hybridized carbons (Fsp3) is 0.429. The lowest BCUT2D eigenvalue weighted by atomic mass is 10.0. The lowest BCUT2D eigenvalue weighted by molar-refractivity contribution is -0.140. The Kier molecular flexibility index (Phi) is 14.2. The summed E-state index contributed by atoms with van der Waals surface area (Å²) in [4.78, 5) is 24.5. The number of hydrogen-bond donors (Lipinski definition) is 0. The summed E-state index contributed by atoms with van der Waals surface area (Å²) < 4.78 is 73.6. The van der Waals surface area contributed by atoms with Crippen molar-refractivity contribution in [3.8, 4) is 28.4 Å². The highest BCUT2D eigenvalue weighted by Crippen LogP contribution is 2.31. The van der Waals surface area contributed by atoms with Gasteiger partial charge in [0.05, 0.1) is 12.2 Å². The summed E-state index contributed by atoms with van der Waals surface area (Å²) in [6.45, 7) is 4.46. The smallest absolute Gasteiger partial charge is 0.346 e. The first-order valence-corrected chi connectivity index (χ1v) is 15.3. The molecule has 238 valence electrons. The van der Waals surface area contributed by atoms with Gasteiger partial charge in [0, 0.05) is 5.56 Å². The molecule has 3 rings (SSSR count). The molecule has 0 saturated heterocycles. The highest BCUT2D eigenvalue weighted by molar-refractivity contribution is 5.91. The molecule has 0 N–H and O–H groups in total. The molecule has 0 aliphatic heterocycles. The highest BCUT2D eigenvalue weighted by Gasteiger charge is 2.22. The Hall–Kier alpha value is -3.88. The number of ether oxygens (including phenoxy) is 3. The van der Waals surface area contributed by atoms with Crippen molar-refractivity contribution in [2.75, 3.05) is 6.61 Å². The molecule has 3 aromatic carbocycles. The predicted molar refractivity (Wildman–Crippen MR) is 161 cm³/mol. The number of esters is 2. The SMILES string of the molecule is CCCCCCCCOc1ccc(-c2ccc(OC(=O)c3ccc(OC(=O)[C@@H](F)CCCCCC)c(F)c3)cc2)c(F)c1F. The summed E-state index contributed by atoms with van der Waals surface area (Å²) in [6.07, 6.45) is 7.63. The molecule has 0 aromatic heterocycles. The Morgan fingerprint density at radius 1 is 0.705 bits per heavy atom. The second-order valence-electron chi connectivity index (χ2n) is 10.7. The van der Waals surface area contributed by atoms with Gasteiger partial charge in [-0.3, -0.25) is 0 Å². The van der Waals surface area contributed by atoms with E-state index in [1.165, 1.54) is 48.9 Å². The number of rotatable bonds is 18. The molecule has 9 heteroatoms. The molecule has 0 saturated carbocycles. The van der Waals surface area contributed by atoms with Crippen molar-refractivity contribution in [1.82, 2.24) is 0 Å². The number of halogens is 4. The van der Waals surface area contributed by atoms with Gasteiger partial charge < -0.3 is 14.2 Å². The van der Waals surface area contributed by atoms with Crippen molar-refractivity contribution in [3.63, 3.8) is 0 Å². The van der Waals surface area contributed by atoms with Crippen LogP contribution >= 0.6 is 0 Å². The van der Waals surface area contributed by atoms with Gasteiger partial charge in [-0.25, -0.2) is 22.8 Å². The zero-order valence-electron chi connectivity index (χ0n) is 25.3. The van der Waals surface area contributed by atoms with Gasteiger partial charge in [0.2, 0.25) is 5.82 Å². The van der Waals surface area contributed by atoms with E-state index in [9.17, 15) is 27.2 Å². The van der Waals surface area contributed by atoms with Gasteiger partial charge in [-0.1, -0.05) is 77.3 Å². The molecule has 1 atom stereocenters. The van der Waals surface area contributed by atoms with E-state index in [2.05, 4.69) is 6.92 Å². The average Bonchev–Trinajstić information content (AvgIpc) is 3.02. The Morgan fingerprint density at radius 3 is 2.02 bits per heavy atom. The van der Waals surface area contributed by atoms with Crippen LogP contribution in [0.5, 0.6) is 17.2 Å². The molecule has 0 radical (unpaired) electrons. The Balaban J connectivity index is 1.55. The van der Waals surface area contributed by atoms with E-state index < -0.39 is 41.3 Å². The van der Waals surface area contributed by atoms with E-state index in [0.717, 1.165) is 63.5 Å². The van der Waals surface area contributed by atoms with Crippen LogP contribution in [-0.4, -0.2) is 24.7 Å². The fourth-order valence-corrected chi connectivity index (χ4v) is 4.55. The summed E-state index contributed by atoms with van der Waals surface area (Å²) in [7, 11) is 0. The van der Waals surface area contributed by atoms with E-state index in [1.807, 2.05) is 6.92 Å². The summed E-state index contributed by atoms with van der Waals surface area (Å²) in [5, 5.41) is 0. The molecule has 0 bridgehead atoms. The maximum Gasteiger partial charge on any atom is 0.346 e. The molecular formula is C35H40F4O5. The van der Waals surface area contributed by atoms with Crippen LogP contribution in [0, 0.1) is 17.5 Å². The zero-order chi connectivity index (χ0) is 31.9. The minimum atomic E-state index is -1.87. The first-order valence-electron chi connectivity index (χ1n) is 15.3. The van der Waals surface area contributed by atoms with Crippen molar-refractivity contribution in [2.24, 2.45) is 0 Å². The minimum Gasteiger partial charge on any atom is -0.490 e. The molecule has 0 unspecified atom stereocenters. The van der Waals surface area contributed by atoms with Gasteiger partial charge in [0.1, 0.15) is 5.75 Å². The molecular weight excluding hydrogens is 576 g/mol. The standard InChI is InChI=1S/C35H40F4O5/c1-3-5-7-9-10-12-22-42-31-21-19-27(32(38)33(31)39)24-14-17-26(18-15-24)43-34(40)25-16-20-30(29(37)23-25)44-35(41)28(36)13-11-8-6-4-2/h14-21,23,28H,3-13,22H2,1-2H3/t28-/m0/s1. The third-order valence-electron chi connectivity index (χ3n) is 7.12. The molecule has 0 heterocycles. The normalized spacial score (nSPS) is 11.7. The van der Waals surface area contributed by atoms with Crippen LogP contribution in [0.2, 0.25) is 0 Å². The molecule has 0 fully saturated rings. The van der Waals surface area contributed by atoms with Crippen LogP contribution < -0.4 is 14.2 Å². The number of alkyl halides is 1. The maximum absolute atomic E-state index is 14.8. The molecule has 0 aliphatic carbocycles. The molecule has 0 spiro atoms. The van der Waals surface area contributed by atoms with Crippen LogP contribution in [0.3, 0.4) is 0 Å². The molecule has 0 amide bonds. The highest BCUT2D eigenvalue weighted by atomic mass is 19.2. The van der Waals surface area contributed by atoms with Crippen LogP contribution in [0.25, 0.3) is 11.1 Å². The lowest BCUT2D eigenvalue weighted by Crippen LogP contribution is -2.22. The zero-order valence-corrected chi connectivity index (χ0v) is 25.3. The van der Waals surface area contributed by atoms with E-state index in [0.29, 0.717) is 18.6 Å². The second-order valence-corrected chi connectivity index (χ2v) is 10.7. The Morgan fingerprint density at radius 2 is 1.34 bits per heavy atom. The Bertz CT molecular complexity index is 1360. The van der Waals surface area contributed by atoms with Gasteiger partial charge in [-0.2, -0.15) is 4.39 Å². The van der Waals surface area contributed by atoms with Crippen molar-refractivity contribution in [1.29, 1.82) is 0 Å². The van der Waals surface area contributed by atoms with Crippen molar-refractivity contribution in [3.05, 3.63) is 77.6 Å². The summed E-state index contributed by atoms with van der Waals surface area (Å²) in [5.41, 5.74) is 0.181. The van der Waals surface area contributed by atoms with Crippen LogP contribution in [0.4, 0.5) is 17.6 Å². The van der Waals surface area contributed by atoms with Crippen LogP contribution in [-0.2, 0) is 4.79 Å². The monoisotopic (exact) mass is 616 g/mol. The maximum atomic E-state index is 14.8. The van der Waals surface area contributed by atoms with E-state index in [1.54, 1.807) is 0 Å². The minimum absolute atomic E-state index is 0.00966. The molecule has 0 aliphatic rings. The topological polar surface area (TPSA) is 61.8 Å².